The molecule has 7 nitrogen and oxygen atoms in total. The summed E-state index contributed by atoms with van der Waals surface area (Å²) in [6.07, 6.45) is 9.12. The van der Waals surface area contributed by atoms with Crippen molar-refractivity contribution in [2.24, 2.45) is 10.9 Å². The normalized spacial score (nSPS) is 19.4. The first-order valence-corrected chi connectivity index (χ1v) is 11.5. The van der Waals surface area contributed by atoms with Crippen LogP contribution in [0.5, 0.6) is 0 Å². The van der Waals surface area contributed by atoms with Crippen LogP contribution in [0.25, 0.3) is 0 Å². The number of hydrogen-bond acceptors (Lipinski definition) is 4. The topological polar surface area (TPSA) is 69.2 Å². The molecule has 0 spiro atoms. The fraction of sp³-hybridized carbons (Fsp3) is 0.909. The fourth-order valence-electron chi connectivity index (χ4n) is 3.98. The number of nitrogens with one attached hydrogen (secondary N) is 2. The number of carbonyl (C=O) groups excluding carboxylic acids is 1. The van der Waals surface area contributed by atoms with Crippen molar-refractivity contribution in [3.63, 3.8) is 0 Å². The van der Waals surface area contributed by atoms with Crippen LogP contribution in [-0.4, -0.2) is 87.2 Å². The third kappa shape index (κ3) is 11.1. The predicted molar refractivity (Wildman–Crippen MR) is 135 cm³/mol. The zero-order valence-electron chi connectivity index (χ0n) is 19.5. The Morgan fingerprint density at radius 2 is 1.80 bits per heavy atom. The van der Waals surface area contributed by atoms with Crippen LogP contribution in [0.2, 0.25) is 0 Å². The van der Waals surface area contributed by atoms with Crippen molar-refractivity contribution in [3.8, 4) is 0 Å². The molecule has 1 saturated carbocycles. The van der Waals surface area contributed by atoms with E-state index in [2.05, 4.69) is 34.4 Å². The largest absolute Gasteiger partial charge is 0.377 e. The maximum absolute atomic E-state index is 12.0. The minimum Gasteiger partial charge on any atom is -0.377 e. The lowest BCUT2D eigenvalue weighted by molar-refractivity contribution is -0.127. The van der Waals surface area contributed by atoms with E-state index in [1.54, 1.807) is 19.0 Å². The van der Waals surface area contributed by atoms with Gasteiger partial charge in [-0.25, -0.2) is 4.99 Å². The molecule has 0 atom stereocenters. The van der Waals surface area contributed by atoms with E-state index in [4.69, 9.17) is 4.74 Å². The van der Waals surface area contributed by atoms with E-state index in [0.717, 1.165) is 57.5 Å². The molecule has 2 fully saturated rings. The molecule has 1 heterocycles. The summed E-state index contributed by atoms with van der Waals surface area (Å²) in [6.45, 7) is 9.26. The second-order valence-corrected chi connectivity index (χ2v) is 9.02. The number of nitrogens with zero attached hydrogens (tertiary/aromatic N) is 3. The standard InChI is InChI=1S/C22H43N5O2.HI/c1-18(2)29-15-14-27-12-10-20(11-13-27)25-22(24-17-21(28)26(3)4)23-16-19-8-6-5-7-9-19;/h18-20H,5-17H2,1-4H3,(H2,23,24,25);1H. The summed E-state index contributed by atoms with van der Waals surface area (Å²) < 4.78 is 5.68. The first kappa shape index (κ1) is 27.4. The molecule has 0 unspecified atom stereocenters. The molecule has 1 aliphatic heterocycles. The number of guanidine groups is 1. The van der Waals surface area contributed by atoms with Gasteiger partial charge in [0, 0.05) is 46.3 Å². The number of ether oxygens (including phenoxy) is 1. The van der Waals surface area contributed by atoms with E-state index in [9.17, 15) is 4.79 Å². The summed E-state index contributed by atoms with van der Waals surface area (Å²) in [5, 5.41) is 7.12. The van der Waals surface area contributed by atoms with Gasteiger partial charge in [-0.2, -0.15) is 0 Å². The lowest BCUT2D eigenvalue weighted by Gasteiger charge is -2.33. The number of piperidine rings is 1. The van der Waals surface area contributed by atoms with Crippen molar-refractivity contribution in [2.75, 3.05) is 53.4 Å². The minimum absolute atomic E-state index is 0. The first-order chi connectivity index (χ1) is 13.9. The highest BCUT2D eigenvalue weighted by Crippen LogP contribution is 2.22. The molecule has 2 rings (SSSR count). The lowest BCUT2D eigenvalue weighted by Crippen LogP contribution is -2.50. The summed E-state index contributed by atoms with van der Waals surface area (Å²) in [5.74, 6) is 1.55. The van der Waals surface area contributed by atoms with Gasteiger partial charge in [-0.1, -0.05) is 19.3 Å². The second kappa shape index (κ2) is 15.2. The number of aliphatic imine (C=N–C) groups is 1. The number of likely N-dealkylation sites (N-methyl/N-ethyl adjacent to an activating group) is 1. The van der Waals surface area contributed by atoms with Crippen molar-refractivity contribution < 1.29 is 9.53 Å². The number of rotatable bonds is 9. The van der Waals surface area contributed by atoms with Crippen LogP contribution < -0.4 is 10.6 Å². The van der Waals surface area contributed by atoms with Gasteiger partial charge in [-0.15, -0.1) is 24.0 Å². The number of halogens is 1. The average Bonchev–Trinajstić information content (AvgIpc) is 2.71. The Kier molecular flexibility index (Phi) is 13.9. The highest BCUT2D eigenvalue weighted by atomic mass is 127. The monoisotopic (exact) mass is 537 g/mol. The summed E-state index contributed by atoms with van der Waals surface area (Å²) in [4.78, 5) is 20.6. The molecule has 176 valence electrons. The van der Waals surface area contributed by atoms with Crippen molar-refractivity contribution in [3.05, 3.63) is 0 Å². The van der Waals surface area contributed by atoms with Crippen LogP contribution in [0.1, 0.15) is 58.8 Å². The lowest BCUT2D eigenvalue weighted by atomic mass is 9.89. The first-order valence-electron chi connectivity index (χ1n) is 11.5. The van der Waals surface area contributed by atoms with E-state index < -0.39 is 0 Å². The average molecular weight is 538 g/mol. The molecule has 0 aromatic rings. The Morgan fingerprint density at radius 1 is 1.13 bits per heavy atom. The van der Waals surface area contributed by atoms with E-state index in [1.165, 1.54) is 32.1 Å². The Labute approximate surface area is 200 Å². The van der Waals surface area contributed by atoms with Crippen molar-refractivity contribution in [1.29, 1.82) is 0 Å². The van der Waals surface area contributed by atoms with Crippen LogP contribution in [0.15, 0.2) is 4.99 Å². The van der Waals surface area contributed by atoms with Gasteiger partial charge in [0.2, 0.25) is 5.91 Å². The van der Waals surface area contributed by atoms with Gasteiger partial charge in [0.25, 0.3) is 0 Å². The number of likely N-dealkylation sites (tertiary alicyclic amines) is 1. The molecule has 1 aliphatic carbocycles. The fourth-order valence-corrected chi connectivity index (χ4v) is 3.98. The molecule has 2 N–H and O–H groups in total. The smallest absolute Gasteiger partial charge is 0.243 e. The van der Waals surface area contributed by atoms with Gasteiger partial charge in [0.1, 0.15) is 6.54 Å². The van der Waals surface area contributed by atoms with E-state index in [1.807, 2.05) is 0 Å². The molecule has 0 aromatic carbocycles. The number of carbonyl (C=O) groups is 1. The van der Waals surface area contributed by atoms with Gasteiger partial charge in [-0.05, 0) is 45.4 Å². The Bertz CT molecular complexity index is 502. The maximum atomic E-state index is 12.0. The summed E-state index contributed by atoms with van der Waals surface area (Å²) in [7, 11) is 3.55. The number of hydrogen-bond donors (Lipinski definition) is 2. The van der Waals surface area contributed by atoms with Gasteiger partial charge < -0.3 is 25.2 Å². The zero-order valence-corrected chi connectivity index (χ0v) is 21.8. The third-order valence-electron chi connectivity index (χ3n) is 5.94. The van der Waals surface area contributed by atoms with Crippen molar-refractivity contribution in [2.45, 2.75) is 70.9 Å². The van der Waals surface area contributed by atoms with Gasteiger partial charge in [0.15, 0.2) is 5.96 Å². The Hall–Kier alpha value is -0.610. The maximum Gasteiger partial charge on any atom is 0.243 e. The molecule has 1 saturated heterocycles. The Balaban J connectivity index is 0.00000450. The molecule has 0 radical (unpaired) electrons. The van der Waals surface area contributed by atoms with Crippen molar-refractivity contribution >= 4 is 35.8 Å². The molecule has 0 aromatic heterocycles. The third-order valence-corrected chi connectivity index (χ3v) is 5.94. The summed E-state index contributed by atoms with van der Waals surface area (Å²) in [5.41, 5.74) is 0. The van der Waals surface area contributed by atoms with E-state index in [0.29, 0.717) is 12.1 Å². The quantitative estimate of drug-likeness (QED) is 0.269. The summed E-state index contributed by atoms with van der Waals surface area (Å²) in [6, 6.07) is 0.407. The van der Waals surface area contributed by atoms with Crippen molar-refractivity contribution in [1.82, 2.24) is 20.4 Å². The van der Waals surface area contributed by atoms with Gasteiger partial charge >= 0.3 is 0 Å². The highest BCUT2D eigenvalue weighted by Gasteiger charge is 2.21. The molecule has 0 bridgehead atoms. The molecular formula is C22H44IN5O2. The zero-order chi connectivity index (χ0) is 21.1. The predicted octanol–water partition coefficient (Wildman–Crippen LogP) is 2.70. The number of amides is 1. The highest BCUT2D eigenvalue weighted by molar-refractivity contribution is 14.0. The SMILES string of the molecule is CC(C)OCCN1CCC(NC(=NCC(=O)N(C)C)NCC2CCCCC2)CC1.I. The van der Waals surface area contributed by atoms with Crippen LogP contribution in [0, 0.1) is 5.92 Å². The van der Waals surface area contributed by atoms with Crippen LogP contribution >= 0.6 is 24.0 Å². The minimum atomic E-state index is 0. The van der Waals surface area contributed by atoms with Crippen LogP contribution in [0.3, 0.4) is 0 Å². The second-order valence-electron chi connectivity index (χ2n) is 9.02. The molecular weight excluding hydrogens is 493 g/mol. The molecule has 1 amide bonds. The van der Waals surface area contributed by atoms with E-state index >= 15 is 0 Å². The Morgan fingerprint density at radius 3 is 2.40 bits per heavy atom. The van der Waals surface area contributed by atoms with Gasteiger partial charge in [-0.3, -0.25) is 4.79 Å². The van der Waals surface area contributed by atoms with Crippen LogP contribution in [0.4, 0.5) is 0 Å². The van der Waals surface area contributed by atoms with Crippen LogP contribution in [-0.2, 0) is 9.53 Å². The van der Waals surface area contributed by atoms with Gasteiger partial charge in [0.05, 0.1) is 12.7 Å². The summed E-state index contributed by atoms with van der Waals surface area (Å²) >= 11 is 0. The molecule has 8 heteroatoms. The molecule has 2 aliphatic rings. The molecule has 30 heavy (non-hydrogen) atoms. The van der Waals surface area contributed by atoms with E-state index in [-0.39, 0.29) is 36.4 Å².